The van der Waals surface area contributed by atoms with Crippen LogP contribution in [-0.2, 0) is 13.0 Å². The predicted molar refractivity (Wildman–Crippen MR) is 86.0 cm³/mol. The number of aromatic nitrogens is 5. The number of thiophene rings is 1. The summed E-state index contributed by atoms with van der Waals surface area (Å²) in [5, 5.41) is 14.1. The zero-order chi connectivity index (χ0) is 15.8. The molecule has 1 aliphatic heterocycles. The van der Waals surface area contributed by atoms with E-state index in [-0.39, 0.29) is 6.04 Å². The number of hydrogen-bond acceptors (Lipinski definition) is 7. The van der Waals surface area contributed by atoms with Gasteiger partial charge in [-0.15, -0.1) is 11.3 Å². The van der Waals surface area contributed by atoms with Crippen LogP contribution < -0.4 is 5.32 Å². The largest absolute Gasteiger partial charge is 0.337 e. The normalized spacial score (nSPS) is 18.8. The number of hydrogen-bond donors (Lipinski definition) is 1. The van der Waals surface area contributed by atoms with Crippen molar-refractivity contribution in [2.45, 2.75) is 45.3 Å². The molecular weight excluding hydrogens is 312 g/mol. The second kappa shape index (κ2) is 5.86. The van der Waals surface area contributed by atoms with Crippen molar-refractivity contribution in [3.05, 3.63) is 35.1 Å². The van der Waals surface area contributed by atoms with Gasteiger partial charge in [-0.3, -0.25) is 0 Å². The second-order valence-corrected chi connectivity index (χ2v) is 6.76. The Morgan fingerprint density at radius 2 is 2.35 bits per heavy atom. The van der Waals surface area contributed by atoms with Crippen LogP contribution in [0, 0.1) is 6.92 Å². The van der Waals surface area contributed by atoms with E-state index in [9.17, 15) is 0 Å². The van der Waals surface area contributed by atoms with Gasteiger partial charge in [0.2, 0.25) is 11.7 Å². The van der Waals surface area contributed by atoms with Gasteiger partial charge < -0.3 is 9.84 Å². The molecule has 0 saturated carbocycles. The molecule has 2 unspecified atom stereocenters. The molecule has 0 spiro atoms. The third-order valence-corrected chi connectivity index (χ3v) is 4.87. The van der Waals surface area contributed by atoms with E-state index < -0.39 is 0 Å². The van der Waals surface area contributed by atoms with Gasteiger partial charge in [-0.2, -0.15) is 10.1 Å². The Kier molecular flexibility index (Phi) is 3.70. The maximum absolute atomic E-state index is 5.41. The Bertz CT molecular complexity index is 793. The van der Waals surface area contributed by atoms with Crippen LogP contribution in [0.25, 0.3) is 10.7 Å². The maximum Gasteiger partial charge on any atom is 0.243 e. The van der Waals surface area contributed by atoms with Crippen molar-refractivity contribution in [1.29, 1.82) is 0 Å². The highest BCUT2D eigenvalue weighted by Crippen LogP contribution is 2.23. The first-order valence-electron chi connectivity index (χ1n) is 7.73. The summed E-state index contributed by atoms with van der Waals surface area (Å²) >= 11 is 1.61. The van der Waals surface area contributed by atoms with Crippen molar-refractivity contribution in [3.8, 4) is 10.7 Å². The van der Waals surface area contributed by atoms with Crippen LogP contribution in [0.1, 0.15) is 36.9 Å². The minimum atomic E-state index is 0.00683. The fraction of sp³-hybridized carbons (Fsp3) is 0.467. The molecule has 4 rings (SSSR count). The highest BCUT2D eigenvalue weighted by atomic mass is 32.1. The molecule has 0 saturated heterocycles. The molecule has 3 aromatic rings. The summed E-state index contributed by atoms with van der Waals surface area (Å²) in [6.07, 6.45) is 1.98. The molecule has 0 amide bonds. The van der Waals surface area contributed by atoms with E-state index in [2.05, 4.69) is 25.5 Å². The topological polar surface area (TPSA) is 81.7 Å². The van der Waals surface area contributed by atoms with E-state index in [4.69, 9.17) is 4.52 Å². The first kappa shape index (κ1) is 14.5. The lowest BCUT2D eigenvalue weighted by Gasteiger charge is -2.25. The van der Waals surface area contributed by atoms with E-state index >= 15 is 0 Å². The summed E-state index contributed by atoms with van der Waals surface area (Å²) in [6.45, 7) is 4.81. The highest BCUT2D eigenvalue weighted by Gasteiger charge is 2.24. The van der Waals surface area contributed by atoms with E-state index in [0.29, 0.717) is 17.8 Å². The van der Waals surface area contributed by atoms with Crippen molar-refractivity contribution in [2.24, 2.45) is 0 Å². The van der Waals surface area contributed by atoms with Crippen molar-refractivity contribution >= 4 is 11.3 Å². The lowest BCUT2D eigenvalue weighted by molar-refractivity contribution is 0.288. The van der Waals surface area contributed by atoms with Gasteiger partial charge in [0.1, 0.15) is 11.6 Å². The summed E-state index contributed by atoms with van der Waals surface area (Å²) in [5.74, 6) is 3.19. The van der Waals surface area contributed by atoms with Gasteiger partial charge in [-0.05, 0) is 31.7 Å². The van der Waals surface area contributed by atoms with Crippen molar-refractivity contribution in [3.63, 3.8) is 0 Å². The quantitative estimate of drug-likeness (QED) is 0.791. The lowest BCUT2D eigenvalue weighted by Crippen LogP contribution is -2.39. The molecule has 0 radical (unpaired) electrons. The fourth-order valence-electron chi connectivity index (χ4n) is 2.91. The van der Waals surface area contributed by atoms with Crippen molar-refractivity contribution in [2.75, 3.05) is 0 Å². The van der Waals surface area contributed by atoms with Crippen LogP contribution >= 0.6 is 11.3 Å². The number of nitrogens with zero attached hydrogens (tertiary/aromatic N) is 5. The van der Waals surface area contributed by atoms with Gasteiger partial charge in [0, 0.05) is 12.5 Å². The fourth-order valence-corrected chi connectivity index (χ4v) is 3.56. The van der Waals surface area contributed by atoms with Crippen LogP contribution in [0.15, 0.2) is 22.0 Å². The van der Waals surface area contributed by atoms with Crippen LogP contribution in [0.5, 0.6) is 0 Å². The second-order valence-electron chi connectivity index (χ2n) is 5.81. The molecule has 1 N–H and O–H groups in total. The molecule has 0 aromatic carbocycles. The van der Waals surface area contributed by atoms with E-state index in [0.717, 1.165) is 35.9 Å². The molecular formula is C15H18N6OS. The standard InChI is InChI=1S/C15H18N6OS/c1-9(15-18-14(20-22-15)12-4-3-7-23-12)16-11-5-6-13-17-10(2)19-21(13)8-11/h3-4,7,9,11,16H,5-6,8H2,1-2H3. The summed E-state index contributed by atoms with van der Waals surface area (Å²) in [7, 11) is 0. The molecule has 2 atom stereocenters. The SMILES string of the molecule is Cc1nc2n(n1)CC(NC(C)c1nc(-c3cccs3)no1)CC2. The Hall–Kier alpha value is -2.06. The monoisotopic (exact) mass is 330 g/mol. The van der Waals surface area contributed by atoms with Crippen molar-refractivity contribution in [1.82, 2.24) is 30.2 Å². The number of nitrogens with one attached hydrogen (secondary N) is 1. The smallest absolute Gasteiger partial charge is 0.243 e. The predicted octanol–water partition coefficient (Wildman–Crippen LogP) is 2.36. The van der Waals surface area contributed by atoms with Gasteiger partial charge in [0.05, 0.1) is 17.5 Å². The summed E-state index contributed by atoms with van der Waals surface area (Å²) in [4.78, 5) is 9.96. The zero-order valence-corrected chi connectivity index (χ0v) is 13.9. The summed E-state index contributed by atoms with van der Waals surface area (Å²) in [5.41, 5.74) is 0. The Morgan fingerprint density at radius 1 is 1.43 bits per heavy atom. The van der Waals surface area contributed by atoms with Gasteiger partial charge in [0.25, 0.3) is 0 Å². The van der Waals surface area contributed by atoms with Gasteiger partial charge in [-0.1, -0.05) is 11.2 Å². The molecule has 8 heteroatoms. The minimum Gasteiger partial charge on any atom is -0.337 e. The third-order valence-electron chi connectivity index (χ3n) is 4.00. The van der Waals surface area contributed by atoms with Crippen LogP contribution in [0.4, 0.5) is 0 Å². The first-order valence-corrected chi connectivity index (χ1v) is 8.61. The van der Waals surface area contributed by atoms with Gasteiger partial charge in [0.15, 0.2) is 0 Å². The Balaban J connectivity index is 1.43. The van der Waals surface area contributed by atoms with E-state index in [1.165, 1.54) is 0 Å². The van der Waals surface area contributed by atoms with Crippen LogP contribution in [0.3, 0.4) is 0 Å². The van der Waals surface area contributed by atoms with Crippen molar-refractivity contribution < 1.29 is 4.52 Å². The van der Waals surface area contributed by atoms with Crippen LogP contribution in [-0.4, -0.2) is 30.9 Å². The molecule has 3 aromatic heterocycles. The van der Waals surface area contributed by atoms with Gasteiger partial charge >= 0.3 is 0 Å². The zero-order valence-electron chi connectivity index (χ0n) is 13.1. The van der Waals surface area contributed by atoms with Crippen LogP contribution in [0.2, 0.25) is 0 Å². The average molecular weight is 330 g/mol. The maximum atomic E-state index is 5.41. The molecule has 23 heavy (non-hydrogen) atoms. The van der Waals surface area contributed by atoms with Gasteiger partial charge in [-0.25, -0.2) is 9.67 Å². The molecule has 0 aliphatic carbocycles. The van der Waals surface area contributed by atoms with E-state index in [1.54, 1.807) is 11.3 Å². The molecule has 7 nitrogen and oxygen atoms in total. The average Bonchev–Trinajstić information content (AvgIpc) is 3.26. The molecule has 0 bridgehead atoms. The Morgan fingerprint density at radius 3 is 3.17 bits per heavy atom. The number of fused-ring (bicyclic) bond motifs is 1. The minimum absolute atomic E-state index is 0.00683. The highest BCUT2D eigenvalue weighted by molar-refractivity contribution is 7.13. The lowest BCUT2D eigenvalue weighted by atomic mass is 10.1. The Labute approximate surface area is 137 Å². The molecule has 0 fully saturated rings. The number of rotatable bonds is 4. The molecule has 120 valence electrons. The van der Waals surface area contributed by atoms with E-state index in [1.807, 2.05) is 36.0 Å². The first-order chi connectivity index (χ1) is 11.2. The number of aryl methyl sites for hydroxylation is 2. The third kappa shape index (κ3) is 2.91. The molecule has 1 aliphatic rings. The summed E-state index contributed by atoms with van der Waals surface area (Å²) in [6, 6.07) is 4.31. The molecule has 4 heterocycles. The summed E-state index contributed by atoms with van der Waals surface area (Å²) < 4.78 is 7.41.